The van der Waals surface area contributed by atoms with Gasteiger partial charge in [0.25, 0.3) is 5.56 Å². The number of carbonyl (C=O) groups is 1. The van der Waals surface area contributed by atoms with Crippen LogP contribution in [0.2, 0.25) is 0 Å². The summed E-state index contributed by atoms with van der Waals surface area (Å²) in [6.07, 6.45) is 4.33. The van der Waals surface area contributed by atoms with E-state index in [0.717, 1.165) is 29.5 Å². The molecule has 0 radical (unpaired) electrons. The fraction of sp³-hybridized carbons (Fsp3) is 0.500. The minimum Gasteiger partial charge on any atom is -0.369 e. The molecule has 112 valence electrons. The molecule has 2 aromatic rings. The molecule has 5 nitrogen and oxygen atoms in total. The van der Waals surface area contributed by atoms with Gasteiger partial charge in [0.05, 0.1) is 10.6 Å². The van der Waals surface area contributed by atoms with Gasteiger partial charge in [0, 0.05) is 11.9 Å². The van der Waals surface area contributed by atoms with Crippen molar-refractivity contribution in [3.63, 3.8) is 0 Å². The number of carbonyl (C=O) groups excluding carboxylic acids is 1. The van der Waals surface area contributed by atoms with Gasteiger partial charge in [-0.25, -0.2) is 4.98 Å². The molecule has 2 N–H and O–H groups in total. The van der Waals surface area contributed by atoms with Crippen LogP contribution in [-0.4, -0.2) is 20.7 Å². The second-order valence-electron chi connectivity index (χ2n) is 5.31. The van der Waals surface area contributed by atoms with Crippen LogP contribution in [0.15, 0.2) is 9.95 Å². The third-order valence-corrected chi connectivity index (χ3v) is 6.19. The van der Waals surface area contributed by atoms with Crippen molar-refractivity contribution < 1.29 is 4.79 Å². The SMILES string of the molecule is CC(Sc1nc2sc3c(c2c(=O)n1C)CCCC3)C(N)=O. The minimum absolute atomic E-state index is 0.0152. The van der Waals surface area contributed by atoms with E-state index in [1.807, 2.05) is 0 Å². The predicted octanol–water partition coefficient (Wildman–Crippen LogP) is 1.84. The van der Waals surface area contributed by atoms with Crippen molar-refractivity contribution in [1.29, 1.82) is 0 Å². The number of thioether (sulfide) groups is 1. The second-order valence-corrected chi connectivity index (χ2v) is 7.70. The lowest BCUT2D eigenvalue weighted by molar-refractivity contribution is -0.117. The average Bonchev–Trinajstić information content (AvgIpc) is 2.82. The number of fused-ring (bicyclic) bond motifs is 3. The topological polar surface area (TPSA) is 78.0 Å². The maximum atomic E-state index is 12.6. The van der Waals surface area contributed by atoms with E-state index in [4.69, 9.17) is 5.73 Å². The molecular weight excluding hydrogens is 306 g/mol. The summed E-state index contributed by atoms with van der Waals surface area (Å²) in [6.45, 7) is 1.72. The number of hydrogen-bond donors (Lipinski definition) is 1. The van der Waals surface area contributed by atoms with Crippen LogP contribution in [0.3, 0.4) is 0 Å². The van der Waals surface area contributed by atoms with Crippen LogP contribution in [0.25, 0.3) is 10.2 Å². The molecule has 0 aliphatic heterocycles. The van der Waals surface area contributed by atoms with Gasteiger partial charge in [0.15, 0.2) is 5.16 Å². The highest BCUT2D eigenvalue weighted by atomic mass is 32.2. The lowest BCUT2D eigenvalue weighted by Crippen LogP contribution is -2.25. The molecule has 1 aliphatic rings. The molecule has 1 unspecified atom stereocenters. The molecule has 0 saturated carbocycles. The van der Waals surface area contributed by atoms with Gasteiger partial charge in [0.1, 0.15) is 4.83 Å². The maximum Gasteiger partial charge on any atom is 0.262 e. The Morgan fingerprint density at radius 3 is 2.86 bits per heavy atom. The zero-order valence-electron chi connectivity index (χ0n) is 12.0. The average molecular weight is 323 g/mol. The molecule has 7 heteroatoms. The molecule has 1 aliphatic carbocycles. The third-order valence-electron chi connectivity index (χ3n) is 3.84. The minimum atomic E-state index is -0.407. The smallest absolute Gasteiger partial charge is 0.262 e. The van der Waals surface area contributed by atoms with Crippen molar-refractivity contribution in [3.05, 3.63) is 20.8 Å². The van der Waals surface area contributed by atoms with Crippen LogP contribution in [0, 0.1) is 0 Å². The number of aromatic nitrogens is 2. The summed E-state index contributed by atoms with van der Waals surface area (Å²) in [4.78, 5) is 30.5. The quantitative estimate of drug-likeness (QED) is 0.690. The fourth-order valence-electron chi connectivity index (χ4n) is 2.59. The molecule has 0 fully saturated rings. The van der Waals surface area contributed by atoms with Crippen molar-refractivity contribution in [2.24, 2.45) is 12.8 Å². The molecule has 1 atom stereocenters. The van der Waals surface area contributed by atoms with Crippen molar-refractivity contribution in [2.75, 3.05) is 0 Å². The van der Waals surface area contributed by atoms with Crippen LogP contribution in [0.1, 0.15) is 30.2 Å². The van der Waals surface area contributed by atoms with E-state index < -0.39 is 11.2 Å². The summed E-state index contributed by atoms with van der Waals surface area (Å²) < 4.78 is 1.54. The van der Waals surface area contributed by atoms with Crippen LogP contribution < -0.4 is 11.3 Å². The summed E-state index contributed by atoms with van der Waals surface area (Å²) in [5.41, 5.74) is 6.47. The van der Waals surface area contributed by atoms with Gasteiger partial charge in [-0.1, -0.05) is 11.8 Å². The largest absolute Gasteiger partial charge is 0.369 e. The second kappa shape index (κ2) is 5.46. The van der Waals surface area contributed by atoms with E-state index in [-0.39, 0.29) is 5.56 Å². The highest BCUT2D eigenvalue weighted by molar-refractivity contribution is 8.00. The lowest BCUT2D eigenvalue weighted by Gasteiger charge is -2.11. The van der Waals surface area contributed by atoms with Crippen LogP contribution >= 0.6 is 23.1 Å². The number of primary amides is 1. The standard InChI is InChI=1S/C14H17N3O2S2/c1-7(11(15)18)20-14-16-12-10(13(19)17(14)2)8-5-3-4-6-9(8)21-12/h7H,3-6H2,1-2H3,(H2,15,18). The zero-order chi connectivity index (χ0) is 15.1. The van der Waals surface area contributed by atoms with Gasteiger partial charge < -0.3 is 5.73 Å². The van der Waals surface area contributed by atoms with Gasteiger partial charge in [0.2, 0.25) is 5.91 Å². The zero-order valence-corrected chi connectivity index (χ0v) is 13.6. The summed E-state index contributed by atoms with van der Waals surface area (Å²) >= 11 is 2.86. The number of nitrogens with zero attached hydrogens (tertiary/aromatic N) is 2. The first-order valence-electron chi connectivity index (χ1n) is 6.96. The molecule has 0 aromatic carbocycles. The number of amides is 1. The maximum absolute atomic E-state index is 12.6. The van der Waals surface area contributed by atoms with Gasteiger partial charge in [-0.05, 0) is 38.2 Å². The van der Waals surface area contributed by atoms with E-state index >= 15 is 0 Å². The molecule has 0 bridgehead atoms. The number of hydrogen-bond acceptors (Lipinski definition) is 5. The Bertz CT molecular complexity index is 779. The van der Waals surface area contributed by atoms with Crippen LogP contribution in [0.5, 0.6) is 0 Å². The number of thiophene rings is 1. The molecule has 21 heavy (non-hydrogen) atoms. The van der Waals surface area contributed by atoms with Crippen molar-refractivity contribution in [3.8, 4) is 0 Å². The van der Waals surface area contributed by atoms with E-state index in [0.29, 0.717) is 5.16 Å². The van der Waals surface area contributed by atoms with Crippen LogP contribution in [-0.2, 0) is 24.7 Å². The molecule has 1 amide bonds. The van der Waals surface area contributed by atoms with E-state index in [9.17, 15) is 9.59 Å². The first-order chi connectivity index (χ1) is 9.99. The third kappa shape index (κ3) is 2.48. The Kier molecular flexibility index (Phi) is 3.79. The Morgan fingerprint density at radius 2 is 2.14 bits per heavy atom. The molecular formula is C14H17N3O2S2. The number of nitrogens with two attached hydrogens (primary N) is 1. The van der Waals surface area contributed by atoms with Gasteiger partial charge in [-0.3, -0.25) is 14.2 Å². The summed E-state index contributed by atoms with van der Waals surface area (Å²) in [6, 6.07) is 0. The van der Waals surface area contributed by atoms with Crippen molar-refractivity contribution in [1.82, 2.24) is 9.55 Å². The summed E-state index contributed by atoms with van der Waals surface area (Å²) in [7, 11) is 1.71. The highest BCUT2D eigenvalue weighted by Gasteiger charge is 2.22. The molecule has 3 rings (SSSR count). The van der Waals surface area contributed by atoms with Crippen LogP contribution in [0.4, 0.5) is 0 Å². The molecule has 2 aromatic heterocycles. The Morgan fingerprint density at radius 1 is 1.43 bits per heavy atom. The highest BCUT2D eigenvalue weighted by Crippen LogP contribution is 2.34. The molecule has 0 spiro atoms. The van der Waals surface area contributed by atoms with E-state index in [1.54, 1.807) is 25.3 Å². The van der Waals surface area contributed by atoms with Gasteiger partial charge >= 0.3 is 0 Å². The van der Waals surface area contributed by atoms with Crippen molar-refractivity contribution >= 4 is 39.2 Å². The van der Waals surface area contributed by atoms with E-state index in [1.165, 1.54) is 33.2 Å². The Balaban J connectivity index is 2.15. The first-order valence-corrected chi connectivity index (χ1v) is 8.66. The van der Waals surface area contributed by atoms with Crippen molar-refractivity contribution in [2.45, 2.75) is 43.0 Å². The monoisotopic (exact) mass is 323 g/mol. The molecule has 2 heterocycles. The summed E-state index contributed by atoms with van der Waals surface area (Å²) in [5, 5.41) is 0.917. The predicted molar refractivity (Wildman–Crippen MR) is 86.0 cm³/mol. The molecule has 0 saturated heterocycles. The Labute approximate surface area is 130 Å². The number of aryl methyl sites for hydroxylation is 2. The fourth-order valence-corrected chi connectivity index (χ4v) is 4.72. The lowest BCUT2D eigenvalue weighted by atomic mass is 9.97. The normalized spacial score (nSPS) is 15.9. The first kappa shape index (κ1) is 14.6. The Hall–Kier alpha value is -1.34. The van der Waals surface area contributed by atoms with E-state index in [2.05, 4.69) is 4.98 Å². The number of rotatable bonds is 3. The van der Waals surface area contributed by atoms with Gasteiger partial charge in [-0.2, -0.15) is 0 Å². The summed E-state index contributed by atoms with van der Waals surface area (Å²) in [5.74, 6) is -0.403. The van der Waals surface area contributed by atoms with Gasteiger partial charge in [-0.15, -0.1) is 11.3 Å².